The van der Waals surface area contributed by atoms with Crippen molar-refractivity contribution >= 4 is 5.97 Å². The van der Waals surface area contributed by atoms with E-state index in [4.69, 9.17) is 15.0 Å². The number of nitrogens with zero attached hydrogens (tertiary/aromatic N) is 1. The van der Waals surface area contributed by atoms with E-state index in [2.05, 4.69) is 16.7 Å². The molecule has 1 aliphatic rings. The molecule has 0 radical (unpaired) electrons. The molecule has 0 aliphatic carbocycles. The molecule has 0 amide bonds. The van der Waals surface area contributed by atoms with Gasteiger partial charge in [0.25, 0.3) is 5.97 Å². The molecule has 1 unspecified atom stereocenters. The van der Waals surface area contributed by atoms with Crippen LogP contribution in [-0.4, -0.2) is 46.8 Å². The van der Waals surface area contributed by atoms with Crippen LogP contribution in [0.4, 0.5) is 0 Å². The molecule has 1 rings (SSSR count). The fourth-order valence-electron chi connectivity index (χ4n) is 1.51. The SMILES string of the molecule is CC(=O)O.CC(O)CC#CCN1CCCCC1. The number of hydrogen-bond acceptors (Lipinski definition) is 3. The Morgan fingerprint density at radius 3 is 2.29 bits per heavy atom. The highest BCUT2D eigenvalue weighted by Gasteiger charge is 2.07. The van der Waals surface area contributed by atoms with Gasteiger partial charge in [0.05, 0.1) is 12.6 Å². The number of carboxylic acids is 1. The predicted octanol–water partition coefficient (Wildman–Crippen LogP) is 1.34. The zero-order valence-corrected chi connectivity index (χ0v) is 10.8. The smallest absolute Gasteiger partial charge is 0.300 e. The van der Waals surface area contributed by atoms with Gasteiger partial charge in [-0.2, -0.15) is 0 Å². The molecule has 0 saturated carbocycles. The second-order valence-electron chi connectivity index (χ2n) is 4.26. The molecule has 1 heterocycles. The standard InChI is InChI=1S/C11H19NO.C2H4O2/c1-11(13)7-3-6-10-12-8-4-2-5-9-12;1-2(3)4/h11,13H,2,4-5,7-10H2,1H3;1H3,(H,3,4). The van der Waals surface area contributed by atoms with Crippen LogP contribution in [0, 0.1) is 11.8 Å². The van der Waals surface area contributed by atoms with Gasteiger partial charge in [-0.25, -0.2) is 0 Å². The van der Waals surface area contributed by atoms with Crippen molar-refractivity contribution in [2.24, 2.45) is 0 Å². The van der Waals surface area contributed by atoms with E-state index < -0.39 is 5.97 Å². The number of rotatable bonds is 2. The first-order valence-corrected chi connectivity index (χ1v) is 6.08. The van der Waals surface area contributed by atoms with Gasteiger partial charge in [0.1, 0.15) is 0 Å². The van der Waals surface area contributed by atoms with Gasteiger partial charge >= 0.3 is 0 Å². The van der Waals surface area contributed by atoms with Crippen molar-refractivity contribution in [3.8, 4) is 11.8 Å². The van der Waals surface area contributed by atoms with Crippen molar-refractivity contribution in [3.05, 3.63) is 0 Å². The highest BCUT2D eigenvalue weighted by Crippen LogP contribution is 2.07. The van der Waals surface area contributed by atoms with E-state index in [1.807, 2.05) is 0 Å². The van der Waals surface area contributed by atoms with Crippen LogP contribution in [0.5, 0.6) is 0 Å². The Kier molecular flexibility index (Phi) is 9.50. The number of aliphatic hydroxyl groups excluding tert-OH is 1. The summed E-state index contributed by atoms with van der Waals surface area (Å²) >= 11 is 0. The van der Waals surface area contributed by atoms with Crippen LogP contribution in [0.1, 0.15) is 39.5 Å². The maximum atomic E-state index is 9.00. The number of carboxylic acid groups (broad SMARTS) is 1. The van der Waals surface area contributed by atoms with Crippen molar-refractivity contribution in [2.75, 3.05) is 19.6 Å². The first-order chi connectivity index (χ1) is 8.02. The zero-order valence-electron chi connectivity index (χ0n) is 10.8. The quantitative estimate of drug-likeness (QED) is 0.716. The van der Waals surface area contributed by atoms with Crippen LogP contribution < -0.4 is 0 Å². The Balaban J connectivity index is 0.000000557. The van der Waals surface area contributed by atoms with E-state index >= 15 is 0 Å². The number of aliphatic hydroxyl groups is 1. The zero-order chi connectivity index (χ0) is 13.1. The van der Waals surface area contributed by atoms with Crippen molar-refractivity contribution in [1.29, 1.82) is 0 Å². The van der Waals surface area contributed by atoms with E-state index in [1.54, 1.807) is 6.92 Å². The minimum Gasteiger partial charge on any atom is -0.481 e. The summed E-state index contributed by atoms with van der Waals surface area (Å²) in [6.07, 6.45) is 4.33. The molecule has 1 fully saturated rings. The molecule has 17 heavy (non-hydrogen) atoms. The van der Waals surface area contributed by atoms with Gasteiger partial charge in [-0.05, 0) is 32.9 Å². The molecule has 2 N–H and O–H groups in total. The van der Waals surface area contributed by atoms with E-state index in [0.29, 0.717) is 6.42 Å². The van der Waals surface area contributed by atoms with Crippen LogP contribution in [0.3, 0.4) is 0 Å². The summed E-state index contributed by atoms with van der Waals surface area (Å²) in [5.74, 6) is 5.26. The van der Waals surface area contributed by atoms with Crippen LogP contribution >= 0.6 is 0 Å². The molecular weight excluding hydrogens is 218 g/mol. The summed E-state index contributed by atoms with van der Waals surface area (Å²) in [6, 6.07) is 0. The Morgan fingerprint density at radius 1 is 1.29 bits per heavy atom. The molecule has 0 aromatic heterocycles. The molecular formula is C13H23NO3. The number of hydrogen-bond donors (Lipinski definition) is 2. The van der Waals surface area contributed by atoms with Gasteiger partial charge in [0.2, 0.25) is 0 Å². The lowest BCUT2D eigenvalue weighted by atomic mass is 10.1. The Bertz CT molecular complexity index is 256. The lowest BCUT2D eigenvalue weighted by Crippen LogP contribution is -2.29. The lowest BCUT2D eigenvalue weighted by Gasteiger charge is -2.23. The molecule has 0 aromatic carbocycles. The summed E-state index contributed by atoms with van der Waals surface area (Å²) in [6.45, 7) is 6.13. The van der Waals surface area contributed by atoms with E-state index in [0.717, 1.165) is 13.5 Å². The van der Waals surface area contributed by atoms with Crippen molar-refractivity contribution in [1.82, 2.24) is 4.90 Å². The highest BCUT2D eigenvalue weighted by molar-refractivity contribution is 5.62. The topological polar surface area (TPSA) is 60.8 Å². The number of aliphatic carboxylic acids is 1. The van der Waals surface area contributed by atoms with Gasteiger partial charge in [-0.1, -0.05) is 18.3 Å². The molecule has 1 aliphatic heterocycles. The number of piperidine rings is 1. The number of likely N-dealkylation sites (tertiary alicyclic amines) is 1. The van der Waals surface area contributed by atoms with Gasteiger partial charge in [-0.3, -0.25) is 9.69 Å². The molecule has 0 bridgehead atoms. The maximum Gasteiger partial charge on any atom is 0.300 e. The minimum absolute atomic E-state index is 0.283. The van der Waals surface area contributed by atoms with Crippen LogP contribution in [0.25, 0.3) is 0 Å². The maximum absolute atomic E-state index is 9.00. The highest BCUT2D eigenvalue weighted by atomic mass is 16.4. The average Bonchev–Trinajstić information content (AvgIpc) is 2.25. The largest absolute Gasteiger partial charge is 0.481 e. The third-order valence-electron chi connectivity index (χ3n) is 2.27. The molecule has 0 aromatic rings. The summed E-state index contributed by atoms with van der Waals surface area (Å²) < 4.78 is 0. The Labute approximate surface area is 104 Å². The third kappa shape index (κ3) is 12.9. The Hall–Kier alpha value is -1.05. The summed E-state index contributed by atoms with van der Waals surface area (Å²) in [4.78, 5) is 11.4. The van der Waals surface area contributed by atoms with Crippen LogP contribution in [-0.2, 0) is 4.79 Å². The Morgan fingerprint density at radius 2 is 1.82 bits per heavy atom. The van der Waals surface area contributed by atoms with Crippen molar-refractivity contribution in [2.45, 2.75) is 45.6 Å². The van der Waals surface area contributed by atoms with Gasteiger partial charge < -0.3 is 10.2 Å². The van der Waals surface area contributed by atoms with Gasteiger partial charge in [0.15, 0.2) is 0 Å². The summed E-state index contributed by atoms with van der Waals surface area (Å²) in [5, 5.41) is 16.4. The van der Waals surface area contributed by atoms with Crippen molar-refractivity contribution in [3.63, 3.8) is 0 Å². The van der Waals surface area contributed by atoms with Crippen molar-refractivity contribution < 1.29 is 15.0 Å². The van der Waals surface area contributed by atoms with Crippen LogP contribution in [0.2, 0.25) is 0 Å². The minimum atomic E-state index is -0.833. The predicted molar refractivity (Wildman–Crippen MR) is 67.7 cm³/mol. The monoisotopic (exact) mass is 241 g/mol. The molecule has 1 atom stereocenters. The van der Waals surface area contributed by atoms with E-state index in [9.17, 15) is 0 Å². The van der Waals surface area contributed by atoms with E-state index in [1.165, 1.54) is 32.4 Å². The molecule has 4 heteroatoms. The molecule has 4 nitrogen and oxygen atoms in total. The fraction of sp³-hybridized carbons (Fsp3) is 0.769. The first kappa shape index (κ1) is 16.0. The second kappa shape index (κ2) is 10.1. The number of carbonyl (C=O) groups is 1. The second-order valence-corrected chi connectivity index (χ2v) is 4.26. The molecule has 98 valence electrons. The average molecular weight is 241 g/mol. The lowest BCUT2D eigenvalue weighted by molar-refractivity contribution is -0.134. The van der Waals surface area contributed by atoms with E-state index in [-0.39, 0.29) is 6.10 Å². The van der Waals surface area contributed by atoms with Crippen LogP contribution in [0.15, 0.2) is 0 Å². The first-order valence-electron chi connectivity index (χ1n) is 6.08. The van der Waals surface area contributed by atoms with Gasteiger partial charge in [0, 0.05) is 13.3 Å². The third-order valence-corrected chi connectivity index (χ3v) is 2.27. The summed E-state index contributed by atoms with van der Waals surface area (Å²) in [7, 11) is 0. The molecule has 0 spiro atoms. The summed E-state index contributed by atoms with van der Waals surface area (Å²) in [5.41, 5.74) is 0. The molecule has 1 saturated heterocycles. The van der Waals surface area contributed by atoms with Gasteiger partial charge in [-0.15, -0.1) is 0 Å². The normalized spacial score (nSPS) is 17.1. The fourth-order valence-corrected chi connectivity index (χ4v) is 1.51.